The zero-order valence-corrected chi connectivity index (χ0v) is 18.8. The Morgan fingerprint density at radius 2 is 1.41 bits per heavy atom. The smallest absolute Gasteiger partial charge is 0.240 e. The Balaban J connectivity index is 1.76. The molecule has 0 amide bonds. The first kappa shape index (κ1) is 20.1. The Labute approximate surface area is 176 Å². The molecule has 2 nitrogen and oxygen atoms in total. The number of hydrogen-bond donors (Lipinski definition) is 1. The molecule has 2 atom stereocenters. The number of benzene rings is 3. The average molecular weight is 402 g/mol. The molecule has 29 heavy (non-hydrogen) atoms. The largest absolute Gasteiger partial charge is 0.402 e. The minimum Gasteiger partial charge on any atom is -0.402 e. The summed E-state index contributed by atoms with van der Waals surface area (Å²) < 4.78 is 6.98. The summed E-state index contributed by atoms with van der Waals surface area (Å²) in [4.78, 5) is 0. The minimum atomic E-state index is -1.86. The fourth-order valence-electron chi connectivity index (χ4n) is 4.47. The van der Waals surface area contributed by atoms with Crippen molar-refractivity contribution in [3.8, 4) is 0 Å². The van der Waals surface area contributed by atoms with Crippen LogP contribution in [0.3, 0.4) is 0 Å². The summed E-state index contributed by atoms with van der Waals surface area (Å²) >= 11 is 0. The average Bonchev–Trinajstić information content (AvgIpc) is 2.73. The number of hydrogen-bond acceptors (Lipinski definition) is 2. The molecule has 0 radical (unpaired) electrons. The number of rotatable bonds is 4. The van der Waals surface area contributed by atoms with Gasteiger partial charge in [-0.15, -0.1) is 0 Å². The van der Waals surface area contributed by atoms with Crippen molar-refractivity contribution < 1.29 is 4.43 Å². The van der Waals surface area contributed by atoms with Crippen LogP contribution < -0.4 is 16.1 Å². The van der Waals surface area contributed by atoms with Crippen molar-refractivity contribution in [1.29, 1.82) is 0 Å². The molecule has 150 valence electrons. The summed E-state index contributed by atoms with van der Waals surface area (Å²) in [5, 5.41) is 2.59. The first-order chi connectivity index (χ1) is 13.9. The third-order valence-electron chi connectivity index (χ3n) is 5.93. The second-order valence-corrected chi connectivity index (χ2v) is 11.4. The molecule has 0 fully saturated rings. The molecule has 0 heterocycles. The van der Waals surface area contributed by atoms with Gasteiger partial charge in [0, 0.05) is 6.04 Å². The fourth-order valence-corrected chi connectivity index (χ4v) is 6.96. The highest BCUT2D eigenvalue weighted by Crippen LogP contribution is 2.38. The number of nitrogens with two attached hydrogens (primary N) is 1. The Bertz CT molecular complexity index is 910. The summed E-state index contributed by atoms with van der Waals surface area (Å²) in [6.07, 6.45) is 1.94. The molecule has 0 saturated carbocycles. The molecule has 1 aliphatic rings. The molecule has 3 heteroatoms. The van der Waals surface area contributed by atoms with Crippen LogP contribution in [0.15, 0.2) is 78.9 Å². The Morgan fingerprint density at radius 3 is 1.97 bits per heavy atom. The van der Waals surface area contributed by atoms with Crippen LogP contribution in [0, 0.1) is 0 Å². The summed E-state index contributed by atoms with van der Waals surface area (Å²) in [6, 6.07) is 28.1. The van der Waals surface area contributed by atoms with Crippen molar-refractivity contribution in [3.05, 3.63) is 95.6 Å². The predicted molar refractivity (Wildman–Crippen MR) is 125 cm³/mol. The molecule has 3 aromatic rings. The molecule has 0 aliphatic heterocycles. The highest BCUT2D eigenvalue weighted by Gasteiger charge is 2.34. The van der Waals surface area contributed by atoms with Crippen LogP contribution in [0.2, 0.25) is 0 Å². The van der Waals surface area contributed by atoms with E-state index < -0.39 is 9.04 Å². The molecule has 0 bridgehead atoms. The van der Waals surface area contributed by atoms with Crippen molar-refractivity contribution in [1.82, 2.24) is 0 Å². The highest BCUT2D eigenvalue weighted by atomic mass is 28.3. The molecule has 0 aromatic heterocycles. The Kier molecular flexibility index (Phi) is 5.73. The van der Waals surface area contributed by atoms with Crippen LogP contribution in [0.4, 0.5) is 0 Å². The predicted octanol–water partition coefficient (Wildman–Crippen LogP) is 3.85. The maximum absolute atomic E-state index is 6.98. The second-order valence-electron chi connectivity index (χ2n) is 9.08. The maximum Gasteiger partial charge on any atom is 0.240 e. The van der Waals surface area contributed by atoms with Gasteiger partial charge in [0.15, 0.2) is 0 Å². The van der Waals surface area contributed by atoms with Crippen LogP contribution in [0.5, 0.6) is 0 Å². The molecule has 2 unspecified atom stereocenters. The molecule has 1 aliphatic carbocycles. The third-order valence-corrected chi connectivity index (χ3v) is 8.48. The van der Waals surface area contributed by atoms with Gasteiger partial charge < -0.3 is 10.2 Å². The van der Waals surface area contributed by atoms with Crippen LogP contribution >= 0.6 is 0 Å². The molecule has 0 spiro atoms. The van der Waals surface area contributed by atoms with Crippen molar-refractivity contribution in [2.45, 2.75) is 51.2 Å². The fraction of sp³-hybridized carbons (Fsp3) is 0.308. The summed E-state index contributed by atoms with van der Waals surface area (Å²) in [5.41, 5.74) is 10.9. The lowest BCUT2D eigenvalue weighted by Gasteiger charge is -2.37. The van der Waals surface area contributed by atoms with Crippen LogP contribution in [-0.4, -0.2) is 15.1 Å². The standard InChI is InChI=1S/C26H31NOSi/c1-26(2,3)23-16-10-15-22-21(23)17-18-24(27)25(22)28-29(19-11-6-4-7-12-19)20-13-8-5-9-14-20/h4-16,24-25,29H,17-18,27H2,1-3H3. The highest BCUT2D eigenvalue weighted by molar-refractivity contribution is 6.80. The van der Waals surface area contributed by atoms with Gasteiger partial charge in [0.2, 0.25) is 9.04 Å². The van der Waals surface area contributed by atoms with E-state index in [4.69, 9.17) is 10.2 Å². The van der Waals surface area contributed by atoms with Gasteiger partial charge in [-0.05, 0) is 45.3 Å². The topological polar surface area (TPSA) is 35.2 Å². The van der Waals surface area contributed by atoms with E-state index in [9.17, 15) is 0 Å². The molecular formula is C26H31NOSi. The van der Waals surface area contributed by atoms with Crippen LogP contribution in [0.25, 0.3) is 0 Å². The maximum atomic E-state index is 6.98. The normalized spacial score (nSPS) is 19.2. The van der Waals surface area contributed by atoms with Crippen LogP contribution in [0.1, 0.15) is 50.0 Å². The summed E-state index contributed by atoms with van der Waals surface area (Å²) in [6.45, 7) is 6.87. The lowest BCUT2D eigenvalue weighted by molar-refractivity contribution is 0.165. The minimum absolute atomic E-state index is 0.0279. The molecule has 4 rings (SSSR count). The van der Waals surface area contributed by atoms with Crippen molar-refractivity contribution in [3.63, 3.8) is 0 Å². The Morgan fingerprint density at radius 1 is 0.828 bits per heavy atom. The van der Waals surface area contributed by atoms with Gasteiger partial charge in [0.25, 0.3) is 0 Å². The first-order valence-electron chi connectivity index (χ1n) is 10.6. The summed E-state index contributed by atoms with van der Waals surface area (Å²) in [5.74, 6) is 0. The summed E-state index contributed by atoms with van der Waals surface area (Å²) in [7, 11) is -1.86. The van der Waals surface area contributed by atoms with E-state index in [2.05, 4.69) is 99.6 Å². The zero-order valence-electron chi connectivity index (χ0n) is 17.6. The third kappa shape index (κ3) is 4.23. The van der Waals surface area contributed by atoms with Crippen molar-refractivity contribution in [2.24, 2.45) is 5.73 Å². The van der Waals surface area contributed by atoms with E-state index in [1.54, 1.807) is 0 Å². The molecule has 3 aromatic carbocycles. The van der Waals surface area contributed by atoms with E-state index in [-0.39, 0.29) is 17.6 Å². The molecular weight excluding hydrogens is 370 g/mol. The van der Waals surface area contributed by atoms with E-state index in [1.165, 1.54) is 27.1 Å². The van der Waals surface area contributed by atoms with Gasteiger partial charge in [-0.2, -0.15) is 0 Å². The van der Waals surface area contributed by atoms with Gasteiger partial charge in [0.05, 0.1) is 6.10 Å². The van der Waals surface area contributed by atoms with Crippen LogP contribution in [-0.2, 0) is 16.3 Å². The first-order valence-corrected chi connectivity index (χ1v) is 12.2. The molecule has 0 saturated heterocycles. The monoisotopic (exact) mass is 401 g/mol. The lowest BCUT2D eigenvalue weighted by Crippen LogP contribution is -2.49. The van der Waals surface area contributed by atoms with Gasteiger partial charge in [-0.1, -0.05) is 99.6 Å². The zero-order chi connectivity index (χ0) is 20.4. The number of fused-ring (bicyclic) bond motifs is 1. The van der Waals surface area contributed by atoms with Crippen molar-refractivity contribution >= 4 is 19.4 Å². The van der Waals surface area contributed by atoms with Gasteiger partial charge in [-0.3, -0.25) is 0 Å². The quantitative estimate of drug-likeness (QED) is 0.674. The van der Waals surface area contributed by atoms with Gasteiger partial charge in [0.1, 0.15) is 0 Å². The van der Waals surface area contributed by atoms with Crippen molar-refractivity contribution in [2.75, 3.05) is 0 Å². The lowest BCUT2D eigenvalue weighted by atomic mass is 9.76. The molecule has 2 N–H and O–H groups in total. The SMILES string of the molecule is CC(C)(C)c1cccc2c1CCC(N)C2O[SiH](c1ccccc1)c1ccccc1. The van der Waals surface area contributed by atoms with E-state index in [1.807, 2.05) is 0 Å². The van der Waals surface area contributed by atoms with E-state index in [0.29, 0.717) is 0 Å². The van der Waals surface area contributed by atoms with Gasteiger partial charge >= 0.3 is 0 Å². The second kappa shape index (κ2) is 8.27. The van der Waals surface area contributed by atoms with E-state index in [0.717, 1.165) is 12.8 Å². The van der Waals surface area contributed by atoms with Gasteiger partial charge in [-0.25, -0.2) is 0 Å². The Hall–Kier alpha value is -2.20. The van der Waals surface area contributed by atoms with E-state index >= 15 is 0 Å².